The minimum atomic E-state index is 0.910. The largest absolute Gasteiger partial charge is 0.244 e. The Balaban J connectivity index is 1.50. The number of thiophene rings is 1. The normalized spacial score (nSPS) is 12.1. The Morgan fingerprint density at radius 2 is 1.05 bits per heavy atom. The first-order valence-corrected chi connectivity index (χ1v) is 14.0. The highest BCUT2D eigenvalue weighted by molar-refractivity contribution is 7.27. The highest BCUT2D eigenvalue weighted by Crippen LogP contribution is 2.50. The van der Waals surface area contributed by atoms with Crippen LogP contribution in [0.25, 0.3) is 86.0 Å². The second-order valence-corrected chi connectivity index (χ2v) is 11.2. The third kappa shape index (κ3) is 2.91. The molecule has 0 saturated carbocycles. The van der Waals surface area contributed by atoms with Gasteiger partial charge in [0.2, 0.25) is 0 Å². The van der Waals surface area contributed by atoms with E-state index >= 15 is 0 Å². The molecule has 0 aliphatic carbocycles. The molecule has 0 radical (unpaired) electrons. The molecule has 0 bridgehead atoms. The van der Waals surface area contributed by atoms with Crippen molar-refractivity contribution in [3.8, 4) is 22.5 Å². The maximum Gasteiger partial charge on any atom is 0.0987 e. The topological polar surface area (TPSA) is 25.8 Å². The highest BCUT2D eigenvalue weighted by atomic mass is 32.1. The fourth-order valence-corrected chi connectivity index (χ4v) is 7.67. The lowest BCUT2D eigenvalue weighted by Crippen LogP contribution is -1.95. The minimum absolute atomic E-state index is 0.910. The molecule has 7 aromatic carbocycles. The van der Waals surface area contributed by atoms with Crippen LogP contribution in [0.3, 0.4) is 0 Å². The van der Waals surface area contributed by atoms with Gasteiger partial charge < -0.3 is 0 Å². The van der Waals surface area contributed by atoms with Gasteiger partial charge in [0.15, 0.2) is 0 Å². The van der Waals surface area contributed by atoms with Crippen LogP contribution in [0.2, 0.25) is 0 Å². The van der Waals surface area contributed by atoms with Crippen LogP contribution in [0.15, 0.2) is 121 Å². The van der Waals surface area contributed by atoms with E-state index in [9.17, 15) is 0 Å². The van der Waals surface area contributed by atoms with E-state index in [0.29, 0.717) is 0 Å². The van der Waals surface area contributed by atoms with E-state index in [4.69, 9.17) is 9.97 Å². The number of rotatable bonds is 2. The first-order chi connectivity index (χ1) is 19.3. The molecule has 0 saturated heterocycles. The van der Waals surface area contributed by atoms with Gasteiger partial charge in [0.1, 0.15) is 0 Å². The van der Waals surface area contributed by atoms with Crippen molar-refractivity contribution >= 4 is 74.9 Å². The third-order valence-corrected chi connectivity index (χ3v) is 9.25. The van der Waals surface area contributed by atoms with Gasteiger partial charge in [-0.1, -0.05) is 103 Å². The van der Waals surface area contributed by atoms with Gasteiger partial charge in [0.05, 0.1) is 22.4 Å². The van der Waals surface area contributed by atoms with E-state index < -0.39 is 0 Å². The maximum absolute atomic E-state index is 5.26. The summed E-state index contributed by atoms with van der Waals surface area (Å²) in [4.78, 5) is 10.4. The molecule has 9 aromatic rings. The van der Waals surface area contributed by atoms with Crippen LogP contribution in [0.4, 0.5) is 0 Å². The Morgan fingerprint density at radius 3 is 1.85 bits per heavy atom. The van der Waals surface area contributed by atoms with E-state index in [1.165, 1.54) is 52.5 Å². The van der Waals surface area contributed by atoms with Crippen molar-refractivity contribution in [1.82, 2.24) is 9.97 Å². The standard InChI is InChI=1S/C36H20N2S/c1-2-10-21(11-3-1)33-34(38-30-17-9-8-16-29(30)37-33)27-19-18-26-24-14-6-7-15-25(24)28-20-22-12-4-5-13-23(22)35-32(28)31(26)36(27)39-35/h1-20H. The predicted molar refractivity (Wildman–Crippen MR) is 167 cm³/mol. The number of aromatic nitrogens is 2. The van der Waals surface area contributed by atoms with E-state index in [2.05, 4.69) is 97.1 Å². The van der Waals surface area contributed by atoms with Crippen molar-refractivity contribution in [3.05, 3.63) is 121 Å². The van der Waals surface area contributed by atoms with Crippen LogP contribution < -0.4 is 0 Å². The Hall–Kier alpha value is -4.86. The zero-order valence-electron chi connectivity index (χ0n) is 20.8. The summed E-state index contributed by atoms with van der Waals surface area (Å²) in [7, 11) is 0. The summed E-state index contributed by atoms with van der Waals surface area (Å²) in [5, 5.41) is 10.5. The molecule has 0 aliphatic rings. The van der Waals surface area contributed by atoms with Crippen molar-refractivity contribution < 1.29 is 0 Å². The molecule has 0 aliphatic heterocycles. The summed E-state index contributed by atoms with van der Waals surface area (Å²) in [6, 6.07) is 43.2. The average molecular weight is 513 g/mol. The van der Waals surface area contributed by atoms with E-state index in [1.807, 2.05) is 35.6 Å². The molecule has 39 heavy (non-hydrogen) atoms. The molecule has 2 nitrogen and oxygen atoms in total. The van der Waals surface area contributed by atoms with Crippen molar-refractivity contribution in [1.29, 1.82) is 0 Å². The van der Waals surface area contributed by atoms with Crippen molar-refractivity contribution in [2.24, 2.45) is 0 Å². The van der Waals surface area contributed by atoms with Gasteiger partial charge in [-0.15, -0.1) is 11.3 Å². The molecule has 2 heterocycles. The zero-order chi connectivity index (χ0) is 25.5. The van der Waals surface area contributed by atoms with Crippen LogP contribution in [-0.4, -0.2) is 9.97 Å². The van der Waals surface area contributed by atoms with E-state index in [-0.39, 0.29) is 0 Å². The minimum Gasteiger partial charge on any atom is -0.244 e. The highest BCUT2D eigenvalue weighted by Gasteiger charge is 2.23. The van der Waals surface area contributed by atoms with Crippen LogP contribution in [0.5, 0.6) is 0 Å². The molecular weight excluding hydrogens is 492 g/mol. The lowest BCUT2D eigenvalue weighted by Gasteiger charge is -2.14. The molecule has 0 unspecified atom stereocenters. The Bertz CT molecular complexity index is 2390. The van der Waals surface area contributed by atoms with Crippen molar-refractivity contribution in [2.75, 3.05) is 0 Å². The van der Waals surface area contributed by atoms with Gasteiger partial charge in [-0.2, -0.15) is 0 Å². The number of fused-ring (bicyclic) bond motifs is 6. The molecule has 0 amide bonds. The number of nitrogens with zero attached hydrogens (tertiary/aromatic N) is 2. The van der Waals surface area contributed by atoms with Crippen LogP contribution >= 0.6 is 11.3 Å². The van der Waals surface area contributed by atoms with Gasteiger partial charge in [0, 0.05) is 31.3 Å². The number of para-hydroxylation sites is 2. The van der Waals surface area contributed by atoms with E-state index in [1.54, 1.807) is 0 Å². The van der Waals surface area contributed by atoms with Gasteiger partial charge in [-0.25, -0.2) is 9.97 Å². The summed E-state index contributed by atoms with van der Waals surface area (Å²) in [6.45, 7) is 0. The van der Waals surface area contributed by atoms with Gasteiger partial charge in [-0.05, 0) is 50.5 Å². The number of benzene rings is 7. The summed E-state index contributed by atoms with van der Waals surface area (Å²) >= 11 is 1.89. The molecule has 3 heteroatoms. The lowest BCUT2D eigenvalue weighted by molar-refractivity contribution is 1.30. The van der Waals surface area contributed by atoms with Gasteiger partial charge in [-0.3, -0.25) is 0 Å². The fraction of sp³-hybridized carbons (Fsp3) is 0. The lowest BCUT2D eigenvalue weighted by atomic mass is 9.90. The summed E-state index contributed by atoms with van der Waals surface area (Å²) in [5.74, 6) is 0. The smallest absolute Gasteiger partial charge is 0.0987 e. The Labute approximate surface area is 228 Å². The molecular formula is C36H20N2S. The molecule has 0 atom stereocenters. The van der Waals surface area contributed by atoms with E-state index in [0.717, 1.165) is 33.5 Å². The van der Waals surface area contributed by atoms with Gasteiger partial charge in [0.25, 0.3) is 0 Å². The zero-order valence-corrected chi connectivity index (χ0v) is 21.7. The molecule has 0 N–H and O–H groups in total. The summed E-state index contributed by atoms with van der Waals surface area (Å²) in [5.41, 5.74) is 5.89. The first-order valence-electron chi connectivity index (χ1n) is 13.2. The SMILES string of the molecule is c1ccc(-c2nc3ccccc3nc2-c2ccc3c4ccccc4c4cc5ccccc5c5sc2c3c45)cc1. The monoisotopic (exact) mass is 512 g/mol. The molecule has 9 rings (SSSR count). The number of hydrogen-bond donors (Lipinski definition) is 0. The molecule has 180 valence electrons. The van der Waals surface area contributed by atoms with Crippen LogP contribution in [0, 0.1) is 0 Å². The average Bonchev–Trinajstić information content (AvgIpc) is 3.41. The van der Waals surface area contributed by atoms with Crippen LogP contribution in [0.1, 0.15) is 0 Å². The molecule has 2 aromatic heterocycles. The quantitative estimate of drug-likeness (QED) is 0.170. The third-order valence-electron chi connectivity index (χ3n) is 7.99. The summed E-state index contributed by atoms with van der Waals surface area (Å²) in [6.07, 6.45) is 0. The van der Waals surface area contributed by atoms with Crippen LogP contribution in [-0.2, 0) is 0 Å². The molecule has 0 fully saturated rings. The predicted octanol–water partition coefficient (Wildman–Crippen LogP) is 10.2. The Morgan fingerprint density at radius 1 is 0.436 bits per heavy atom. The molecule has 0 spiro atoms. The van der Waals surface area contributed by atoms with Gasteiger partial charge >= 0.3 is 0 Å². The first kappa shape index (κ1) is 21.1. The van der Waals surface area contributed by atoms with Crippen molar-refractivity contribution in [3.63, 3.8) is 0 Å². The fourth-order valence-electron chi connectivity index (χ4n) is 6.27. The van der Waals surface area contributed by atoms with Crippen molar-refractivity contribution in [2.45, 2.75) is 0 Å². The Kier molecular flexibility index (Phi) is 4.24. The number of hydrogen-bond acceptors (Lipinski definition) is 3. The maximum atomic E-state index is 5.26. The summed E-state index contributed by atoms with van der Waals surface area (Å²) < 4.78 is 2.62. The second-order valence-electron chi connectivity index (χ2n) is 10.1. The second kappa shape index (κ2) is 7.83.